The molecule has 2 aliphatic rings. The van der Waals surface area contributed by atoms with Crippen molar-refractivity contribution in [2.45, 2.75) is 74.2 Å². The lowest BCUT2D eigenvalue weighted by atomic mass is 9.79. The summed E-state index contributed by atoms with van der Waals surface area (Å²) in [5.74, 6) is -0.662. The van der Waals surface area contributed by atoms with Gasteiger partial charge < -0.3 is 44.5 Å². The van der Waals surface area contributed by atoms with Crippen molar-refractivity contribution in [2.24, 2.45) is 0 Å². The van der Waals surface area contributed by atoms with Crippen LogP contribution in [0.5, 0.6) is 0 Å². The maximum absolute atomic E-state index is 10.7. The SMILES string of the molecule is COC1(OC)CCC(O)(CCO[C@@H]2O[C@H](CO)[C@@H](O)[C@H](O)[C@H]2O)CC1. The summed E-state index contributed by atoms with van der Waals surface area (Å²) in [5.41, 5.74) is -0.936. The van der Waals surface area contributed by atoms with E-state index in [2.05, 4.69) is 0 Å². The Bertz CT molecular complexity index is 402. The van der Waals surface area contributed by atoms with Crippen LogP contribution in [0.4, 0.5) is 0 Å². The molecule has 0 amide bonds. The topological polar surface area (TPSA) is 138 Å². The number of hydrogen-bond donors (Lipinski definition) is 5. The minimum absolute atomic E-state index is 0.0894. The molecule has 25 heavy (non-hydrogen) atoms. The number of aliphatic hydroxyl groups is 5. The van der Waals surface area contributed by atoms with Gasteiger partial charge in [0.1, 0.15) is 24.4 Å². The van der Waals surface area contributed by atoms with Crippen molar-refractivity contribution in [3.8, 4) is 0 Å². The van der Waals surface area contributed by atoms with Gasteiger partial charge in [0.25, 0.3) is 0 Å². The van der Waals surface area contributed by atoms with E-state index in [0.29, 0.717) is 32.1 Å². The molecule has 1 heterocycles. The molecular weight excluding hydrogens is 336 g/mol. The van der Waals surface area contributed by atoms with Crippen molar-refractivity contribution < 1.29 is 44.5 Å². The molecule has 148 valence electrons. The van der Waals surface area contributed by atoms with E-state index < -0.39 is 48.7 Å². The second-order valence-corrected chi connectivity index (χ2v) is 6.86. The maximum atomic E-state index is 10.7. The van der Waals surface area contributed by atoms with Gasteiger partial charge in [0.05, 0.1) is 18.8 Å². The van der Waals surface area contributed by atoms with E-state index in [1.807, 2.05) is 0 Å². The molecule has 0 unspecified atom stereocenters. The Morgan fingerprint density at radius 1 is 0.960 bits per heavy atom. The number of ether oxygens (including phenoxy) is 4. The minimum atomic E-state index is -1.47. The van der Waals surface area contributed by atoms with E-state index in [1.165, 1.54) is 0 Å². The van der Waals surface area contributed by atoms with Gasteiger partial charge in [-0.2, -0.15) is 0 Å². The Kier molecular flexibility index (Phi) is 7.17. The predicted molar refractivity (Wildman–Crippen MR) is 84.5 cm³/mol. The first-order chi connectivity index (χ1) is 11.8. The highest BCUT2D eigenvalue weighted by atomic mass is 16.7. The van der Waals surface area contributed by atoms with Gasteiger partial charge in [-0.05, 0) is 19.3 Å². The number of hydrogen-bond acceptors (Lipinski definition) is 9. The Balaban J connectivity index is 1.82. The molecule has 0 aromatic heterocycles. The molecule has 2 rings (SSSR count). The van der Waals surface area contributed by atoms with Crippen molar-refractivity contribution in [2.75, 3.05) is 27.4 Å². The van der Waals surface area contributed by atoms with Crippen molar-refractivity contribution >= 4 is 0 Å². The van der Waals surface area contributed by atoms with Gasteiger partial charge >= 0.3 is 0 Å². The lowest BCUT2D eigenvalue weighted by Crippen LogP contribution is -2.59. The second kappa shape index (κ2) is 8.55. The van der Waals surface area contributed by atoms with E-state index in [4.69, 9.17) is 24.1 Å². The fraction of sp³-hybridized carbons (Fsp3) is 1.00. The smallest absolute Gasteiger partial charge is 0.186 e. The van der Waals surface area contributed by atoms with Crippen LogP contribution in [0.25, 0.3) is 0 Å². The molecular formula is C16H30O9. The highest BCUT2D eigenvalue weighted by molar-refractivity contribution is 4.91. The molecule has 0 radical (unpaired) electrons. The second-order valence-electron chi connectivity index (χ2n) is 6.86. The van der Waals surface area contributed by atoms with Gasteiger partial charge in [0, 0.05) is 27.1 Å². The highest BCUT2D eigenvalue weighted by Gasteiger charge is 2.45. The largest absolute Gasteiger partial charge is 0.394 e. The Hall–Kier alpha value is -0.360. The quantitative estimate of drug-likeness (QED) is 0.340. The third-order valence-corrected chi connectivity index (χ3v) is 5.38. The van der Waals surface area contributed by atoms with Crippen LogP contribution in [0.3, 0.4) is 0 Å². The van der Waals surface area contributed by atoms with Gasteiger partial charge in [-0.15, -0.1) is 0 Å². The summed E-state index contributed by atoms with van der Waals surface area (Å²) in [4.78, 5) is 0. The van der Waals surface area contributed by atoms with Crippen molar-refractivity contribution in [1.29, 1.82) is 0 Å². The van der Waals surface area contributed by atoms with Gasteiger partial charge in [0.15, 0.2) is 12.1 Å². The van der Waals surface area contributed by atoms with Gasteiger partial charge in [0.2, 0.25) is 0 Å². The van der Waals surface area contributed by atoms with Crippen molar-refractivity contribution in [3.63, 3.8) is 0 Å². The molecule has 1 aliphatic heterocycles. The zero-order valence-electron chi connectivity index (χ0n) is 14.7. The van der Waals surface area contributed by atoms with E-state index in [0.717, 1.165) is 0 Å². The van der Waals surface area contributed by atoms with Crippen LogP contribution in [-0.4, -0.2) is 95.1 Å². The first-order valence-corrected chi connectivity index (χ1v) is 8.54. The zero-order valence-corrected chi connectivity index (χ0v) is 14.7. The van der Waals surface area contributed by atoms with E-state index in [1.54, 1.807) is 14.2 Å². The predicted octanol–water partition coefficient (Wildman–Crippen LogP) is -1.51. The van der Waals surface area contributed by atoms with Gasteiger partial charge in [-0.3, -0.25) is 0 Å². The summed E-state index contributed by atoms with van der Waals surface area (Å²) < 4.78 is 21.5. The van der Waals surface area contributed by atoms with Crippen LogP contribution in [-0.2, 0) is 18.9 Å². The van der Waals surface area contributed by atoms with Crippen molar-refractivity contribution in [3.05, 3.63) is 0 Å². The van der Waals surface area contributed by atoms with E-state index >= 15 is 0 Å². The highest BCUT2D eigenvalue weighted by Crippen LogP contribution is 2.39. The average molecular weight is 366 g/mol. The molecule has 0 aromatic rings. The molecule has 9 heteroatoms. The molecule has 2 fully saturated rings. The number of rotatable bonds is 7. The van der Waals surface area contributed by atoms with Crippen molar-refractivity contribution in [1.82, 2.24) is 0 Å². The summed E-state index contributed by atoms with van der Waals surface area (Å²) in [7, 11) is 3.16. The molecule has 0 bridgehead atoms. The third-order valence-electron chi connectivity index (χ3n) is 5.38. The first-order valence-electron chi connectivity index (χ1n) is 8.54. The monoisotopic (exact) mass is 366 g/mol. The van der Waals surface area contributed by atoms with Crippen LogP contribution < -0.4 is 0 Å². The van der Waals surface area contributed by atoms with Gasteiger partial charge in [-0.25, -0.2) is 0 Å². The molecule has 0 aromatic carbocycles. The van der Waals surface area contributed by atoms with E-state index in [-0.39, 0.29) is 6.61 Å². The summed E-state index contributed by atoms with van der Waals surface area (Å²) in [6, 6.07) is 0. The summed E-state index contributed by atoms with van der Waals surface area (Å²) in [5, 5.41) is 49.2. The van der Waals surface area contributed by atoms with Crippen LogP contribution in [0.2, 0.25) is 0 Å². The summed E-state index contributed by atoms with van der Waals surface area (Å²) in [6.45, 7) is -0.420. The average Bonchev–Trinajstić information content (AvgIpc) is 2.63. The Morgan fingerprint density at radius 3 is 2.08 bits per heavy atom. The molecule has 1 aliphatic carbocycles. The first kappa shape index (κ1) is 20.9. The minimum Gasteiger partial charge on any atom is -0.394 e. The lowest BCUT2D eigenvalue weighted by molar-refractivity contribution is -0.303. The fourth-order valence-electron chi connectivity index (χ4n) is 3.41. The Morgan fingerprint density at radius 2 is 1.56 bits per heavy atom. The molecule has 9 nitrogen and oxygen atoms in total. The van der Waals surface area contributed by atoms with Crippen LogP contribution in [0.15, 0.2) is 0 Å². The standard InChI is InChI=1S/C16H30O9/c1-22-16(23-2)5-3-15(21,4-6-16)7-8-24-14-13(20)12(19)11(18)10(9-17)25-14/h10-14,17-21H,3-9H2,1-2H3/t10-,11-,12+,13-,14-/m1/s1. The lowest BCUT2D eigenvalue weighted by Gasteiger charge is -2.43. The molecule has 5 N–H and O–H groups in total. The molecule has 1 saturated carbocycles. The third kappa shape index (κ3) is 4.68. The molecule has 0 spiro atoms. The number of aliphatic hydroxyl groups excluding tert-OH is 4. The van der Waals surface area contributed by atoms with Crippen LogP contribution in [0.1, 0.15) is 32.1 Å². The molecule has 1 saturated heterocycles. The van der Waals surface area contributed by atoms with Crippen LogP contribution in [0, 0.1) is 0 Å². The summed E-state index contributed by atoms with van der Waals surface area (Å²) in [6.07, 6.45) is -4.15. The Labute approximate surface area is 147 Å². The maximum Gasteiger partial charge on any atom is 0.186 e. The fourth-order valence-corrected chi connectivity index (χ4v) is 3.41. The summed E-state index contributed by atoms with van der Waals surface area (Å²) >= 11 is 0. The normalized spacial score (nSPS) is 37.8. The molecule has 5 atom stereocenters. The van der Waals surface area contributed by atoms with E-state index in [9.17, 15) is 20.4 Å². The number of methoxy groups -OCH3 is 2. The van der Waals surface area contributed by atoms with Crippen LogP contribution >= 0.6 is 0 Å². The van der Waals surface area contributed by atoms with Gasteiger partial charge in [-0.1, -0.05) is 0 Å². The zero-order chi connectivity index (χ0) is 18.7.